The molecule has 1 N–H and O–H groups in total. The Balaban J connectivity index is 1.59. The molecule has 0 atom stereocenters. The standard InChI is InChI=1S/C17H18ClN5O/c1-2-23-17(20-21-22-23)19-11-13-5-4-8-16(10-13)24-12-14-6-3-7-15(18)9-14/h3-10H,2,11-12H2,1H3,(H,19,20,22). The molecule has 2 aromatic carbocycles. The van der Waals surface area contributed by atoms with Crippen molar-refractivity contribution >= 4 is 17.5 Å². The van der Waals surface area contributed by atoms with Crippen LogP contribution in [0.4, 0.5) is 5.95 Å². The lowest BCUT2D eigenvalue weighted by Crippen LogP contribution is -2.08. The minimum Gasteiger partial charge on any atom is -0.489 e. The molecule has 24 heavy (non-hydrogen) atoms. The molecular weight excluding hydrogens is 326 g/mol. The van der Waals surface area contributed by atoms with Gasteiger partial charge in [-0.15, -0.1) is 0 Å². The minimum absolute atomic E-state index is 0.478. The zero-order valence-electron chi connectivity index (χ0n) is 13.3. The van der Waals surface area contributed by atoms with E-state index in [4.69, 9.17) is 16.3 Å². The monoisotopic (exact) mass is 343 g/mol. The Hall–Kier alpha value is -2.60. The van der Waals surface area contributed by atoms with Gasteiger partial charge in [0.25, 0.3) is 0 Å². The highest BCUT2D eigenvalue weighted by molar-refractivity contribution is 6.30. The van der Waals surface area contributed by atoms with E-state index in [1.54, 1.807) is 4.68 Å². The van der Waals surface area contributed by atoms with E-state index in [-0.39, 0.29) is 0 Å². The number of rotatable bonds is 7. The number of nitrogens with one attached hydrogen (secondary N) is 1. The van der Waals surface area contributed by atoms with Gasteiger partial charge in [-0.25, -0.2) is 4.68 Å². The summed E-state index contributed by atoms with van der Waals surface area (Å²) < 4.78 is 7.55. The Morgan fingerprint density at radius 3 is 2.79 bits per heavy atom. The van der Waals surface area contributed by atoms with Gasteiger partial charge in [0, 0.05) is 18.1 Å². The molecule has 0 aliphatic rings. The lowest BCUT2D eigenvalue weighted by Gasteiger charge is -2.09. The van der Waals surface area contributed by atoms with Gasteiger partial charge in [-0.3, -0.25) is 0 Å². The van der Waals surface area contributed by atoms with Crippen molar-refractivity contribution in [1.29, 1.82) is 0 Å². The fourth-order valence-electron chi connectivity index (χ4n) is 2.26. The Kier molecular flexibility index (Phi) is 5.28. The Labute approximate surface area is 145 Å². The third-order valence-electron chi connectivity index (χ3n) is 3.48. The first kappa shape index (κ1) is 16.3. The van der Waals surface area contributed by atoms with Crippen LogP contribution in [0.15, 0.2) is 48.5 Å². The van der Waals surface area contributed by atoms with Gasteiger partial charge in [0.2, 0.25) is 5.95 Å². The molecule has 1 aromatic heterocycles. The molecule has 124 valence electrons. The zero-order chi connectivity index (χ0) is 16.8. The van der Waals surface area contributed by atoms with E-state index in [9.17, 15) is 0 Å². The molecule has 0 bridgehead atoms. The third-order valence-corrected chi connectivity index (χ3v) is 3.71. The molecule has 0 saturated heterocycles. The summed E-state index contributed by atoms with van der Waals surface area (Å²) in [6, 6.07) is 15.6. The van der Waals surface area contributed by atoms with Crippen molar-refractivity contribution in [3.63, 3.8) is 0 Å². The molecule has 0 unspecified atom stereocenters. The molecule has 6 nitrogen and oxygen atoms in total. The van der Waals surface area contributed by atoms with Crippen LogP contribution in [0.25, 0.3) is 0 Å². The van der Waals surface area contributed by atoms with Crippen molar-refractivity contribution in [1.82, 2.24) is 20.2 Å². The lowest BCUT2D eigenvalue weighted by atomic mass is 10.2. The van der Waals surface area contributed by atoms with E-state index in [2.05, 4.69) is 20.8 Å². The number of hydrogen-bond donors (Lipinski definition) is 1. The average Bonchev–Trinajstić information content (AvgIpc) is 3.06. The van der Waals surface area contributed by atoms with E-state index < -0.39 is 0 Å². The number of aryl methyl sites for hydroxylation is 1. The van der Waals surface area contributed by atoms with Crippen LogP contribution in [0.2, 0.25) is 5.02 Å². The summed E-state index contributed by atoms with van der Waals surface area (Å²) in [7, 11) is 0. The molecule has 3 aromatic rings. The minimum atomic E-state index is 0.478. The fourth-order valence-corrected chi connectivity index (χ4v) is 2.48. The van der Waals surface area contributed by atoms with Gasteiger partial charge in [-0.1, -0.05) is 41.0 Å². The molecule has 0 amide bonds. The fraction of sp³-hybridized carbons (Fsp3) is 0.235. The van der Waals surface area contributed by atoms with Crippen LogP contribution in [0.3, 0.4) is 0 Å². The maximum absolute atomic E-state index is 5.98. The molecule has 0 aliphatic heterocycles. The Morgan fingerprint density at radius 1 is 1.12 bits per heavy atom. The second-order valence-electron chi connectivity index (χ2n) is 5.24. The van der Waals surface area contributed by atoms with E-state index in [0.717, 1.165) is 23.4 Å². The summed E-state index contributed by atoms with van der Waals surface area (Å²) in [6.07, 6.45) is 0. The first-order valence-electron chi connectivity index (χ1n) is 7.71. The van der Waals surface area contributed by atoms with Crippen LogP contribution >= 0.6 is 11.6 Å². The maximum Gasteiger partial charge on any atom is 0.243 e. The highest BCUT2D eigenvalue weighted by Gasteiger charge is 2.04. The molecule has 0 fully saturated rings. The van der Waals surface area contributed by atoms with Gasteiger partial charge in [0.05, 0.1) is 0 Å². The topological polar surface area (TPSA) is 64.9 Å². The van der Waals surface area contributed by atoms with Crippen molar-refractivity contribution in [2.45, 2.75) is 26.6 Å². The predicted octanol–water partition coefficient (Wildman–Crippen LogP) is 3.54. The number of nitrogens with zero attached hydrogens (tertiary/aromatic N) is 4. The van der Waals surface area contributed by atoms with Crippen LogP contribution < -0.4 is 10.1 Å². The quantitative estimate of drug-likeness (QED) is 0.710. The summed E-state index contributed by atoms with van der Waals surface area (Å²) in [6.45, 7) is 3.81. The number of benzene rings is 2. The second-order valence-corrected chi connectivity index (χ2v) is 5.67. The molecule has 0 spiro atoms. The number of aromatic nitrogens is 4. The average molecular weight is 344 g/mol. The van der Waals surface area contributed by atoms with Crippen LogP contribution in [-0.4, -0.2) is 20.2 Å². The molecule has 0 aliphatic carbocycles. The van der Waals surface area contributed by atoms with Crippen LogP contribution in [-0.2, 0) is 19.7 Å². The van der Waals surface area contributed by atoms with Crippen LogP contribution in [0, 0.1) is 0 Å². The van der Waals surface area contributed by atoms with Crippen LogP contribution in [0.1, 0.15) is 18.1 Å². The van der Waals surface area contributed by atoms with Crippen molar-refractivity contribution in [2.24, 2.45) is 0 Å². The van der Waals surface area contributed by atoms with E-state index >= 15 is 0 Å². The lowest BCUT2D eigenvalue weighted by molar-refractivity contribution is 0.306. The summed E-state index contributed by atoms with van der Waals surface area (Å²) in [5.74, 6) is 1.46. The van der Waals surface area contributed by atoms with Gasteiger partial charge in [-0.05, 0) is 52.7 Å². The van der Waals surface area contributed by atoms with Gasteiger partial charge in [0.15, 0.2) is 0 Å². The third kappa shape index (κ3) is 4.23. The number of hydrogen-bond acceptors (Lipinski definition) is 5. The van der Waals surface area contributed by atoms with Gasteiger partial charge in [0.1, 0.15) is 12.4 Å². The summed E-state index contributed by atoms with van der Waals surface area (Å²) >= 11 is 5.98. The molecule has 3 rings (SSSR count). The highest BCUT2D eigenvalue weighted by Crippen LogP contribution is 2.17. The van der Waals surface area contributed by atoms with Crippen LogP contribution in [0.5, 0.6) is 5.75 Å². The number of anilines is 1. The number of halogens is 1. The van der Waals surface area contributed by atoms with Gasteiger partial charge >= 0.3 is 0 Å². The van der Waals surface area contributed by atoms with E-state index in [1.807, 2.05) is 55.5 Å². The Bertz CT molecular complexity index is 805. The summed E-state index contributed by atoms with van der Waals surface area (Å²) in [5.41, 5.74) is 2.12. The maximum atomic E-state index is 5.98. The molecular formula is C17H18ClN5O. The Morgan fingerprint density at radius 2 is 1.96 bits per heavy atom. The van der Waals surface area contributed by atoms with Crippen molar-refractivity contribution < 1.29 is 4.74 Å². The SMILES string of the molecule is CCn1nnnc1NCc1cccc(OCc2cccc(Cl)c2)c1. The van der Waals surface area contributed by atoms with E-state index in [1.165, 1.54) is 0 Å². The first-order chi connectivity index (χ1) is 11.7. The highest BCUT2D eigenvalue weighted by atomic mass is 35.5. The first-order valence-corrected chi connectivity index (χ1v) is 8.08. The van der Waals surface area contributed by atoms with Crippen molar-refractivity contribution in [2.75, 3.05) is 5.32 Å². The number of ether oxygens (including phenoxy) is 1. The van der Waals surface area contributed by atoms with Gasteiger partial charge in [-0.2, -0.15) is 0 Å². The van der Waals surface area contributed by atoms with Crippen molar-refractivity contribution in [3.8, 4) is 5.75 Å². The zero-order valence-corrected chi connectivity index (χ0v) is 14.1. The smallest absolute Gasteiger partial charge is 0.243 e. The molecule has 0 radical (unpaired) electrons. The normalized spacial score (nSPS) is 10.6. The van der Waals surface area contributed by atoms with Gasteiger partial charge < -0.3 is 10.1 Å². The summed E-state index contributed by atoms with van der Waals surface area (Å²) in [4.78, 5) is 0. The summed E-state index contributed by atoms with van der Waals surface area (Å²) in [5, 5.41) is 15.4. The largest absolute Gasteiger partial charge is 0.489 e. The molecule has 1 heterocycles. The molecule has 7 heteroatoms. The number of tetrazole rings is 1. The molecule has 0 saturated carbocycles. The van der Waals surface area contributed by atoms with E-state index in [0.29, 0.717) is 24.1 Å². The second kappa shape index (κ2) is 7.79. The predicted molar refractivity (Wildman–Crippen MR) is 93.0 cm³/mol. The van der Waals surface area contributed by atoms with Crippen molar-refractivity contribution in [3.05, 3.63) is 64.7 Å².